The number of ether oxygens (including phenoxy) is 1. The quantitative estimate of drug-likeness (QED) is 0.833. The lowest BCUT2D eigenvalue weighted by Gasteiger charge is -2.32. The average molecular weight is 337 g/mol. The predicted molar refractivity (Wildman–Crippen MR) is 88.3 cm³/mol. The fourth-order valence-electron chi connectivity index (χ4n) is 2.52. The summed E-state index contributed by atoms with van der Waals surface area (Å²) >= 11 is 0. The van der Waals surface area contributed by atoms with Crippen LogP contribution in [0.5, 0.6) is 5.75 Å². The summed E-state index contributed by atoms with van der Waals surface area (Å²) in [5, 5.41) is 5.70. The minimum Gasteiger partial charge on any atom is -0.484 e. The first-order valence-electron chi connectivity index (χ1n) is 8.29. The molecule has 1 aliphatic heterocycles. The fraction of sp³-hybridized carbons (Fsp3) is 0.529. The first kappa shape index (κ1) is 18.0. The molecule has 1 heterocycles. The smallest absolute Gasteiger partial charge is 0.315 e. The molecule has 1 aromatic carbocycles. The highest BCUT2D eigenvalue weighted by molar-refractivity contribution is 5.78. The Morgan fingerprint density at radius 1 is 1.25 bits per heavy atom. The Labute approximate surface area is 141 Å². The van der Waals surface area contributed by atoms with Crippen molar-refractivity contribution in [2.75, 3.05) is 26.2 Å². The lowest BCUT2D eigenvalue weighted by Crippen LogP contribution is -2.49. The van der Waals surface area contributed by atoms with Gasteiger partial charge in [0.05, 0.1) is 0 Å². The Balaban J connectivity index is 1.68. The van der Waals surface area contributed by atoms with Crippen molar-refractivity contribution in [3.8, 4) is 5.75 Å². The van der Waals surface area contributed by atoms with Crippen LogP contribution in [0.15, 0.2) is 24.3 Å². The molecule has 0 unspecified atom stereocenters. The van der Waals surface area contributed by atoms with Crippen molar-refractivity contribution in [3.05, 3.63) is 30.1 Å². The normalized spacial score (nSPS) is 15.0. The van der Waals surface area contributed by atoms with Gasteiger partial charge < -0.3 is 20.3 Å². The molecule has 132 valence electrons. The third-order valence-corrected chi connectivity index (χ3v) is 3.89. The van der Waals surface area contributed by atoms with Gasteiger partial charge in [-0.2, -0.15) is 0 Å². The predicted octanol–water partition coefficient (Wildman–Crippen LogP) is 1.90. The van der Waals surface area contributed by atoms with Gasteiger partial charge in [-0.3, -0.25) is 4.79 Å². The van der Waals surface area contributed by atoms with Crippen LogP contribution in [-0.2, 0) is 4.79 Å². The SMILES string of the molecule is CCCNC(=O)NC1CCN(C(=O)COc2ccc(F)cc2)CC1. The van der Waals surface area contributed by atoms with Crippen molar-refractivity contribution in [1.82, 2.24) is 15.5 Å². The van der Waals surface area contributed by atoms with E-state index in [0.29, 0.717) is 25.4 Å². The molecule has 0 atom stereocenters. The molecule has 0 bridgehead atoms. The van der Waals surface area contributed by atoms with E-state index in [4.69, 9.17) is 4.74 Å². The summed E-state index contributed by atoms with van der Waals surface area (Å²) in [7, 11) is 0. The van der Waals surface area contributed by atoms with Crippen molar-refractivity contribution in [2.24, 2.45) is 0 Å². The molecule has 3 amide bonds. The summed E-state index contributed by atoms with van der Waals surface area (Å²) in [6.45, 7) is 3.76. The summed E-state index contributed by atoms with van der Waals surface area (Å²) in [6.07, 6.45) is 2.35. The van der Waals surface area contributed by atoms with Gasteiger partial charge in [-0.15, -0.1) is 0 Å². The molecule has 24 heavy (non-hydrogen) atoms. The van der Waals surface area contributed by atoms with Crippen LogP contribution in [0.4, 0.5) is 9.18 Å². The second kappa shape index (κ2) is 9.10. The number of likely N-dealkylation sites (tertiary alicyclic amines) is 1. The molecule has 0 saturated carbocycles. The molecular weight excluding hydrogens is 313 g/mol. The van der Waals surface area contributed by atoms with E-state index in [9.17, 15) is 14.0 Å². The van der Waals surface area contributed by atoms with Crippen LogP contribution in [0.25, 0.3) is 0 Å². The summed E-state index contributed by atoms with van der Waals surface area (Å²) in [5.74, 6) is 0.0216. The van der Waals surface area contributed by atoms with E-state index in [1.807, 2.05) is 6.92 Å². The maximum atomic E-state index is 12.8. The summed E-state index contributed by atoms with van der Waals surface area (Å²) in [4.78, 5) is 25.5. The molecule has 0 aliphatic carbocycles. The number of carbonyl (C=O) groups excluding carboxylic acids is 2. The zero-order valence-electron chi connectivity index (χ0n) is 13.9. The van der Waals surface area contributed by atoms with Crippen molar-refractivity contribution in [1.29, 1.82) is 0 Å². The molecule has 6 nitrogen and oxygen atoms in total. The Morgan fingerprint density at radius 3 is 2.54 bits per heavy atom. The minimum absolute atomic E-state index is 0.0687. The van der Waals surface area contributed by atoms with Crippen LogP contribution in [-0.4, -0.2) is 49.1 Å². The van der Waals surface area contributed by atoms with E-state index < -0.39 is 0 Å². The number of piperidine rings is 1. The molecule has 0 aromatic heterocycles. The molecule has 0 spiro atoms. The number of hydrogen-bond donors (Lipinski definition) is 2. The van der Waals surface area contributed by atoms with Crippen LogP contribution in [0.1, 0.15) is 26.2 Å². The van der Waals surface area contributed by atoms with Gasteiger partial charge in [-0.25, -0.2) is 9.18 Å². The van der Waals surface area contributed by atoms with Crippen LogP contribution >= 0.6 is 0 Å². The molecule has 1 saturated heterocycles. The van der Waals surface area contributed by atoms with Gasteiger partial charge in [0.25, 0.3) is 5.91 Å². The minimum atomic E-state index is -0.341. The van der Waals surface area contributed by atoms with Gasteiger partial charge in [0.1, 0.15) is 11.6 Å². The molecule has 1 aliphatic rings. The van der Waals surface area contributed by atoms with Gasteiger partial charge >= 0.3 is 6.03 Å². The Hall–Kier alpha value is -2.31. The lowest BCUT2D eigenvalue weighted by molar-refractivity contribution is -0.134. The number of rotatable bonds is 6. The van der Waals surface area contributed by atoms with Crippen molar-refractivity contribution in [3.63, 3.8) is 0 Å². The van der Waals surface area contributed by atoms with Gasteiger partial charge in [-0.1, -0.05) is 6.92 Å². The van der Waals surface area contributed by atoms with Crippen LogP contribution in [0.2, 0.25) is 0 Å². The summed E-state index contributed by atoms with van der Waals surface area (Å²) in [6, 6.07) is 5.51. The Bertz CT molecular complexity index is 543. The van der Waals surface area contributed by atoms with Gasteiger partial charge in [0, 0.05) is 25.7 Å². The zero-order chi connectivity index (χ0) is 17.4. The molecule has 2 rings (SSSR count). The molecule has 1 aromatic rings. The lowest BCUT2D eigenvalue weighted by atomic mass is 10.1. The number of amides is 3. The Kier molecular flexibility index (Phi) is 6.84. The van der Waals surface area contributed by atoms with Gasteiger partial charge in [0.15, 0.2) is 6.61 Å². The number of hydrogen-bond acceptors (Lipinski definition) is 3. The van der Waals surface area contributed by atoms with E-state index in [2.05, 4.69) is 10.6 Å². The number of carbonyl (C=O) groups is 2. The maximum absolute atomic E-state index is 12.8. The summed E-state index contributed by atoms with van der Waals surface area (Å²) < 4.78 is 18.2. The summed E-state index contributed by atoms with van der Waals surface area (Å²) in [5.41, 5.74) is 0. The van der Waals surface area contributed by atoms with E-state index in [1.165, 1.54) is 24.3 Å². The third-order valence-electron chi connectivity index (χ3n) is 3.89. The number of halogens is 1. The topological polar surface area (TPSA) is 70.7 Å². The molecule has 1 fully saturated rings. The zero-order valence-corrected chi connectivity index (χ0v) is 13.9. The standard InChI is InChI=1S/C17H24FN3O3/c1-2-9-19-17(23)20-14-7-10-21(11-8-14)16(22)12-24-15-5-3-13(18)4-6-15/h3-6,14H,2,7-12H2,1H3,(H2,19,20,23). The van der Waals surface area contributed by atoms with Gasteiger partial charge in [0.2, 0.25) is 0 Å². The molecule has 7 heteroatoms. The molecule has 0 radical (unpaired) electrons. The highest BCUT2D eigenvalue weighted by atomic mass is 19.1. The first-order valence-corrected chi connectivity index (χ1v) is 8.29. The molecular formula is C17H24FN3O3. The second-order valence-electron chi connectivity index (χ2n) is 5.80. The van der Waals surface area contributed by atoms with Crippen LogP contribution in [0.3, 0.4) is 0 Å². The van der Waals surface area contributed by atoms with Crippen molar-refractivity contribution < 1.29 is 18.7 Å². The highest BCUT2D eigenvalue weighted by Gasteiger charge is 2.23. The first-order chi connectivity index (χ1) is 11.6. The maximum Gasteiger partial charge on any atom is 0.315 e. The van der Waals surface area contributed by atoms with Gasteiger partial charge in [-0.05, 0) is 43.5 Å². The monoisotopic (exact) mass is 337 g/mol. The fourth-order valence-corrected chi connectivity index (χ4v) is 2.52. The number of urea groups is 1. The van der Waals surface area contributed by atoms with E-state index >= 15 is 0 Å². The number of nitrogens with one attached hydrogen (secondary N) is 2. The van der Waals surface area contributed by atoms with Crippen molar-refractivity contribution >= 4 is 11.9 Å². The highest BCUT2D eigenvalue weighted by Crippen LogP contribution is 2.13. The largest absolute Gasteiger partial charge is 0.484 e. The van der Waals surface area contributed by atoms with Crippen molar-refractivity contribution in [2.45, 2.75) is 32.2 Å². The second-order valence-corrected chi connectivity index (χ2v) is 5.80. The molecule has 2 N–H and O–H groups in total. The van der Waals surface area contributed by atoms with E-state index in [0.717, 1.165) is 19.3 Å². The number of nitrogens with zero attached hydrogens (tertiary/aromatic N) is 1. The number of benzene rings is 1. The third kappa shape index (κ3) is 5.72. The van der Waals surface area contributed by atoms with Crippen LogP contribution in [0, 0.1) is 5.82 Å². The average Bonchev–Trinajstić information content (AvgIpc) is 2.60. The van der Waals surface area contributed by atoms with E-state index in [1.54, 1.807) is 4.90 Å². The Morgan fingerprint density at radius 2 is 1.92 bits per heavy atom. The van der Waals surface area contributed by atoms with Crippen LogP contribution < -0.4 is 15.4 Å². The van der Waals surface area contributed by atoms with E-state index in [-0.39, 0.29) is 30.4 Å².